The largest absolute Gasteiger partial charge is 0.366 e. The third kappa shape index (κ3) is 3.66. The minimum atomic E-state index is -0.0800. The van der Waals surface area contributed by atoms with E-state index >= 15 is 0 Å². The Balaban J connectivity index is 1.23. The molecule has 1 spiro atoms. The van der Waals surface area contributed by atoms with Gasteiger partial charge in [0, 0.05) is 63.6 Å². The molecule has 5 heterocycles. The van der Waals surface area contributed by atoms with Gasteiger partial charge in [-0.1, -0.05) is 11.6 Å². The number of hydrogen-bond donors (Lipinski definition) is 1. The van der Waals surface area contributed by atoms with Gasteiger partial charge in [-0.05, 0) is 86.3 Å². The van der Waals surface area contributed by atoms with Crippen LogP contribution in [0.5, 0.6) is 0 Å². The second kappa shape index (κ2) is 8.38. The van der Waals surface area contributed by atoms with Crippen LogP contribution < -0.4 is 15.8 Å². The number of anilines is 1. The zero-order valence-electron chi connectivity index (χ0n) is 21.4. The van der Waals surface area contributed by atoms with Gasteiger partial charge in [-0.2, -0.15) is 5.10 Å². The SMILES string of the molecule is Cc1cnn(Cc2cc3nccc(-c4cc(Cl)cc5c4N(C4CNC6(CCC6)C4)C[C@H]4C[C@@H]54)c3s2)c(=O)c1. The molecule has 1 unspecified atom stereocenters. The highest BCUT2D eigenvalue weighted by atomic mass is 35.5. The van der Waals surface area contributed by atoms with Crippen molar-refractivity contribution < 1.29 is 0 Å². The summed E-state index contributed by atoms with van der Waals surface area (Å²) in [6.07, 6.45) is 10.1. The molecule has 2 aliphatic heterocycles. The summed E-state index contributed by atoms with van der Waals surface area (Å²) >= 11 is 8.51. The quantitative estimate of drug-likeness (QED) is 0.356. The van der Waals surface area contributed by atoms with E-state index in [0.717, 1.165) is 44.7 Å². The number of thiophene rings is 1. The summed E-state index contributed by atoms with van der Waals surface area (Å²) in [5.74, 6) is 1.37. The number of halogens is 1. The molecule has 3 aromatic heterocycles. The summed E-state index contributed by atoms with van der Waals surface area (Å²) in [4.78, 5) is 21.0. The Morgan fingerprint density at radius 3 is 2.89 bits per heavy atom. The molecule has 0 bridgehead atoms. The van der Waals surface area contributed by atoms with Crippen molar-refractivity contribution >= 4 is 38.8 Å². The predicted octanol–water partition coefficient (Wildman–Crippen LogP) is 5.74. The van der Waals surface area contributed by atoms with E-state index < -0.39 is 0 Å². The fourth-order valence-electron chi connectivity index (χ4n) is 7.14. The first-order valence-corrected chi connectivity index (χ1v) is 14.9. The van der Waals surface area contributed by atoms with E-state index in [4.69, 9.17) is 16.6 Å². The van der Waals surface area contributed by atoms with Crippen LogP contribution in [0.25, 0.3) is 21.3 Å². The zero-order chi connectivity index (χ0) is 25.6. The summed E-state index contributed by atoms with van der Waals surface area (Å²) in [7, 11) is 0. The first-order valence-electron chi connectivity index (χ1n) is 13.7. The molecule has 3 fully saturated rings. The smallest absolute Gasteiger partial charge is 0.267 e. The number of fused-ring (bicyclic) bond motifs is 4. The van der Waals surface area contributed by atoms with Crippen LogP contribution in [0.15, 0.2) is 47.5 Å². The Kier molecular flexibility index (Phi) is 5.11. The number of rotatable bonds is 4. The van der Waals surface area contributed by atoms with Crippen molar-refractivity contribution in [2.75, 3.05) is 18.0 Å². The number of nitrogens with one attached hydrogen (secondary N) is 1. The van der Waals surface area contributed by atoms with Gasteiger partial charge in [-0.3, -0.25) is 9.78 Å². The summed E-state index contributed by atoms with van der Waals surface area (Å²) in [5, 5.41) is 9.05. The fraction of sp³-hybridized carbons (Fsp3) is 0.433. The Hall–Kier alpha value is -2.74. The Morgan fingerprint density at radius 2 is 2.11 bits per heavy atom. The second-order valence-corrected chi connectivity index (χ2v) is 13.4. The Labute approximate surface area is 230 Å². The van der Waals surface area contributed by atoms with E-state index in [-0.39, 0.29) is 5.56 Å². The standard InChI is InChI=1S/C30H30ClN5OS/c1-17-7-27(37)36(34-13-17)16-21-11-26-29(38-21)22(3-6-32-26)24-9-19(31)10-25-23-8-18(23)15-35(28(24)25)20-12-30(33-14-20)4-2-5-30/h3,6-7,9-11,13,18,20,23,33H,2,4-5,8,12,14-16H2,1H3/t18-,20?,23-/m1/s1. The van der Waals surface area contributed by atoms with Crippen molar-refractivity contribution in [3.05, 3.63) is 74.1 Å². The maximum atomic E-state index is 12.5. The van der Waals surface area contributed by atoms with E-state index in [1.807, 2.05) is 13.1 Å². The number of nitrogens with zero attached hydrogens (tertiary/aromatic N) is 4. The molecule has 6 nitrogen and oxygen atoms in total. The Bertz CT molecular complexity index is 1660. The van der Waals surface area contributed by atoms with Gasteiger partial charge in [0.15, 0.2) is 0 Å². The lowest BCUT2D eigenvalue weighted by Crippen LogP contribution is -2.46. The van der Waals surface area contributed by atoms with Crippen LogP contribution in [0.4, 0.5) is 5.69 Å². The highest BCUT2D eigenvalue weighted by molar-refractivity contribution is 7.19. The maximum absolute atomic E-state index is 12.5. The van der Waals surface area contributed by atoms with Crippen molar-refractivity contribution in [1.29, 1.82) is 0 Å². The van der Waals surface area contributed by atoms with Gasteiger partial charge in [0.25, 0.3) is 5.56 Å². The Morgan fingerprint density at radius 1 is 1.21 bits per heavy atom. The molecular weight excluding hydrogens is 514 g/mol. The van der Waals surface area contributed by atoms with E-state index in [1.165, 1.54) is 59.2 Å². The summed E-state index contributed by atoms with van der Waals surface area (Å²) in [6.45, 7) is 4.53. The molecule has 38 heavy (non-hydrogen) atoms. The first-order chi connectivity index (χ1) is 18.5. The third-order valence-electron chi connectivity index (χ3n) is 9.30. The van der Waals surface area contributed by atoms with E-state index in [2.05, 4.69) is 39.6 Å². The van der Waals surface area contributed by atoms with E-state index in [9.17, 15) is 4.79 Å². The van der Waals surface area contributed by atoms with Crippen LogP contribution in [0, 0.1) is 12.8 Å². The zero-order valence-corrected chi connectivity index (χ0v) is 23.0. The first kappa shape index (κ1) is 23.2. The van der Waals surface area contributed by atoms with Crippen molar-refractivity contribution in [2.24, 2.45) is 5.92 Å². The van der Waals surface area contributed by atoms with Gasteiger partial charge < -0.3 is 10.2 Å². The van der Waals surface area contributed by atoms with E-state index in [1.54, 1.807) is 23.6 Å². The molecule has 2 saturated carbocycles. The summed E-state index contributed by atoms with van der Waals surface area (Å²) in [5.41, 5.74) is 7.34. The summed E-state index contributed by atoms with van der Waals surface area (Å²) < 4.78 is 2.67. The molecule has 3 atom stereocenters. The molecule has 1 aromatic carbocycles. The van der Waals surface area contributed by atoms with Crippen molar-refractivity contribution in [1.82, 2.24) is 20.1 Å². The van der Waals surface area contributed by atoms with Gasteiger partial charge in [0.1, 0.15) is 0 Å². The monoisotopic (exact) mass is 543 g/mol. The van der Waals surface area contributed by atoms with Crippen molar-refractivity contribution in [2.45, 2.75) is 63.1 Å². The number of pyridine rings is 1. The average molecular weight is 544 g/mol. The molecule has 2 aliphatic carbocycles. The lowest BCUT2D eigenvalue weighted by molar-refractivity contribution is 0.214. The van der Waals surface area contributed by atoms with Gasteiger partial charge in [0.05, 0.1) is 23.0 Å². The normalized spacial score (nSPS) is 24.9. The predicted molar refractivity (Wildman–Crippen MR) is 154 cm³/mol. The second-order valence-electron chi connectivity index (χ2n) is 11.8. The number of aryl methyl sites for hydroxylation is 1. The topological polar surface area (TPSA) is 63.1 Å². The molecule has 4 aromatic rings. The van der Waals surface area contributed by atoms with E-state index in [0.29, 0.717) is 24.0 Å². The molecule has 1 N–H and O–H groups in total. The minimum Gasteiger partial charge on any atom is -0.366 e. The highest BCUT2D eigenvalue weighted by Gasteiger charge is 2.51. The van der Waals surface area contributed by atoms with Crippen LogP contribution >= 0.6 is 22.9 Å². The number of aromatic nitrogens is 3. The van der Waals surface area contributed by atoms with Gasteiger partial charge in [0.2, 0.25) is 0 Å². The molecule has 0 amide bonds. The highest BCUT2D eigenvalue weighted by Crippen LogP contribution is 2.59. The average Bonchev–Trinajstić information content (AvgIpc) is 3.32. The van der Waals surface area contributed by atoms with Crippen LogP contribution in [-0.4, -0.2) is 39.4 Å². The lowest BCUT2D eigenvalue weighted by atomic mass is 9.75. The summed E-state index contributed by atoms with van der Waals surface area (Å²) in [6, 6.07) is 10.8. The van der Waals surface area contributed by atoms with Crippen LogP contribution in [0.1, 0.15) is 54.0 Å². The molecular formula is C30H30ClN5OS. The van der Waals surface area contributed by atoms with Crippen molar-refractivity contribution in [3.8, 4) is 11.1 Å². The number of benzene rings is 1. The van der Waals surface area contributed by atoms with Gasteiger partial charge in [-0.15, -0.1) is 11.3 Å². The van der Waals surface area contributed by atoms with Crippen molar-refractivity contribution in [3.63, 3.8) is 0 Å². The van der Waals surface area contributed by atoms with Gasteiger partial charge >= 0.3 is 0 Å². The molecule has 4 aliphatic rings. The number of hydrogen-bond acceptors (Lipinski definition) is 6. The lowest BCUT2D eigenvalue weighted by Gasteiger charge is -2.41. The maximum Gasteiger partial charge on any atom is 0.267 e. The fourth-order valence-corrected chi connectivity index (χ4v) is 8.49. The van der Waals surface area contributed by atoms with Gasteiger partial charge in [-0.25, -0.2) is 4.68 Å². The van der Waals surface area contributed by atoms with Crippen LogP contribution in [0.2, 0.25) is 5.02 Å². The third-order valence-corrected chi connectivity index (χ3v) is 10.7. The molecule has 1 saturated heterocycles. The molecule has 8 rings (SSSR count). The van der Waals surface area contributed by atoms with Crippen LogP contribution in [-0.2, 0) is 6.54 Å². The van der Waals surface area contributed by atoms with Crippen LogP contribution in [0.3, 0.4) is 0 Å². The molecule has 194 valence electrons. The minimum absolute atomic E-state index is 0.0800. The molecule has 8 heteroatoms. The molecule has 0 radical (unpaired) electrons.